The van der Waals surface area contributed by atoms with Crippen molar-refractivity contribution in [3.8, 4) is 0 Å². The molecule has 3 heteroatoms. The minimum Gasteiger partial charge on any atom is -0.296 e. The van der Waals surface area contributed by atoms with Gasteiger partial charge in [0.1, 0.15) is 0 Å². The first kappa shape index (κ1) is 7.88. The molecule has 3 fully saturated rings. The molecular formula is C8H10Cl2O. The standard InChI is InChI=1S/C8H10Cl2O/c9-8(10)6-3-1-5(2-4-6)7(8)11/h5-6H,1-4H2. The maximum Gasteiger partial charge on any atom is 0.178 e. The Morgan fingerprint density at radius 1 is 1.18 bits per heavy atom. The number of ketones is 1. The summed E-state index contributed by atoms with van der Waals surface area (Å²) in [6.07, 6.45) is 4.07. The van der Waals surface area contributed by atoms with Crippen LogP contribution in [0.1, 0.15) is 25.7 Å². The van der Waals surface area contributed by atoms with Gasteiger partial charge in [-0.2, -0.15) is 0 Å². The normalized spacial score (nSPS) is 41.1. The van der Waals surface area contributed by atoms with E-state index in [1.165, 1.54) is 0 Å². The maximum atomic E-state index is 11.4. The highest BCUT2D eigenvalue weighted by Gasteiger charge is 2.52. The molecule has 0 aromatic heterocycles. The average Bonchev–Trinajstić information content (AvgIpc) is 2.01. The van der Waals surface area contributed by atoms with E-state index < -0.39 is 4.33 Å². The Labute approximate surface area is 76.1 Å². The number of rotatable bonds is 0. The van der Waals surface area contributed by atoms with Crippen LogP contribution in [0.2, 0.25) is 0 Å². The van der Waals surface area contributed by atoms with E-state index in [0.717, 1.165) is 25.7 Å². The van der Waals surface area contributed by atoms with Gasteiger partial charge in [0.05, 0.1) is 0 Å². The Bertz CT molecular complexity index is 192. The summed E-state index contributed by atoms with van der Waals surface area (Å²) in [5.41, 5.74) is 0. The van der Waals surface area contributed by atoms with Gasteiger partial charge in [0.2, 0.25) is 0 Å². The molecule has 1 nitrogen and oxygen atoms in total. The van der Waals surface area contributed by atoms with E-state index in [-0.39, 0.29) is 17.6 Å². The minimum absolute atomic E-state index is 0.0725. The molecule has 0 unspecified atom stereocenters. The molecule has 3 saturated carbocycles. The monoisotopic (exact) mass is 192 g/mol. The van der Waals surface area contributed by atoms with E-state index in [0.29, 0.717) is 0 Å². The highest BCUT2D eigenvalue weighted by Crippen LogP contribution is 2.50. The number of hydrogen-bond acceptors (Lipinski definition) is 1. The average molecular weight is 193 g/mol. The summed E-state index contributed by atoms with van der Waals surface area (Å²) in [7, 11) is 0. The van der Waals surface area contributed by atoms with Gasteiger partial charge < -0.3 is 0 Å². The van der Waals surface area contributed by atoms with E-state index in [1.54, 1.807) is 0 Å². The Balaban J connectivity index is 2.30. The van der Waals surface area contributed by atoms with Crippen LogP contribution in [0.15, 0.2) is 0 Å². The van der Waals surface area contributed by atoms with Gasteiger partial charge >= 0.3 is 0 Å². The molecule has 62 valence electrons. The van der Waals surface area contributed by atoms with Gasteiger partial charge in [-0.15, -0.1) is 0 Å². The van der Waals surface area contributed by atoms with Crippen LogP contribution in [0.25, 0.3) is 0 Å². The lowest BCUT2D eigenvalue weighted by atomic mass is 9.69. The molecule has 0 heterocycles. The lowest BCUT2D eigenvalue weighted by Gasteiger charge is -2.42. The Kier molecular flexibility index (Phi) is 1.69. The van der Waals surface area contributed by atoms with E-state index in [1.807, 2.05) is 0 Å². The summed E-state index contributed by atoms with van der Waals surface area (Å²) in [4.78, 5) is 11.4. The summed E-state index contributed by atoms with van der Waals surface area (Å²) >= 11 is 11.9. The van der Waals surface area contributed by atoms with Crippen LogP contribution in [-0.4, -0.2) is 10.1 Å². The fraction of sp³-hybridized carbons (Fsp3) is 0.875. The summed E-state index contributed by atoms with van der Waals surface area (Å²) in [5.74, 6) is 0.460. The van der Waals surface area contributed by atoms with Crippen molar-refractivity contribution in [2.24, 2.45) is 11.8 Å². The van der Waals surface area contributed by atoms with Crippen LogP contribution in [0, 0.1) is 11.8 Å². The predicted octanol–water partition coefficient (Wildman–Crippen LogP) is 2.55. The van der Waals surface area contributed by atoms with E-state index >= 15 is 0 Å². The number of carbonyl (C=O) groups excluding carboxylic acids is 1. The van der Waals surface area contributed by atoms with Crippen molar-refractivity contribution in [1.29, 1.82) is 0 Å². The first-order valence-corrected chi connectivity index (χ1v) is 4.80. The zero-order chi connectivity index (χ0) is 8.06. The molecule has 11 heavy (non-hydrogen) atoms. The smallest absolute Gasteiger partial charge is 0.178 e. The van der Waals surface area contributed by atoms with Crippen LogP contribution in [0.4, 0.5) is 0 Å². The van der Waals surface area contributed by atoms with Gasteiger partial charge in [-0.25, -0.2) is 0 Å². The minimum atomic E-state index is -1.04. The molecular weight excluding hydrogens is 183 g/mol. The number of Topliss-reactive ketones (excluding diaryl/α,β-unsaturated/α-hetero) is 1. The zero-order valence-corrected chi connectivity index (χ0v) is 7.66. The third-order valence-electron chi connectivity index (χ3n) is 2.94. The summed E-state index contributed by atoms with van der Waals surface area (Å²) in [5, 5.41) is 0. The molecule has 3 rings (SSSR count). The molecule has 2 bridgehead atoms. The molecule has 0 amide bonds. The first-order valence-electron chi connectivity index (χ1n) is 4.04. The lowest BCUT2D eigenvalue weighted by molar-refractivity contribution is -0.130. The summed E-state index contributed by atoms with van der Waals surface area (Å²) < 4.78 is -1.04. The Morgan fingerprint density at radius 2 is 1.73 bits per heavy atom. The second kappa shape index (κ2) is 2.37. The van der Waals surface area contributed by atoms with Crippen molar-refractivity contribution in [3.05, 3.63) is 0 Å². The Morgan fingerprint density at radius 3 is 2.00 bits per heavy atom. The molecule has 0 spiro atoms. The molecule has 0 aromatic carbocycles. The van der Waals surface area contributed by atoms with E-state index in [4.69, 9.17) is 23.2 Å². The molecule has 0 atom stereocenters. The molecule has 3 aliphatic rings. The van der Waals surface area contributed by atoms with Crippen LogP contribution >= 0.6 is 23.2 Å². The van der Waals surface area contributed by atoms with Gasteiger partial charge in [0.25, 0.3) is 0 Å². The van der Waals surface area contributed by atoms with Gasteiger partial charge in [-0.3, -0.25) is 4.79 Å². The fourth-order valence-corrected chi connectivity index (χ4v) is 2.94. The predicted molar refractivity (Wildman–Crippen MR) is 44.9 cm³/mol. The van der Waals surface area contributed by atoms with E-state index in [2.05, 4.69) is 0 Å². The fourth-order valence-electron chi connectivity index (χ4n) is 2.19. The number of carbonyl (C=O) groups is 1. The Hall–Kier alpha value is 0.250. The summed E-state index contributed by atoms with van der Waals surface area (Å²) in [6, 6.07) is 0. The zero-order valence-electron chi connectivity index (χ0n) is 6.15. The molecule has 0 aromatic rings. The van der Waals surface area contributed by atoms with Crippen molar-refractivity contribution >= 4 is 29.0 Å². The number of halogens is 2. The molecule has 0 aliphatic heterocycles. The van der Waals surface area contributed by atoms with Gasteiger partial charge in [-0.05, 0) is 31.6 Å². The lowest BCUT2D eigenvalue weighted by Crippen LogP contribution is -2.48. The van der Waals surface area contributed by atoms with Gasteiger partial charge in [-0.1, -0.05) is 23.2 Å². The number of hydrogen-bond donors (Lipinski definition) is 0. The number of alkyl halides is 2. The quantitative estimate of drug-likeness (QED) is 0.540. The van der Waals surface area contributed by atoms with Crippen molar-refractivity contribution in [1.82, 2.24) is 0 Å². The van der Waals surface area contributed by atoms with Crippen LogP contribution in [-0.2, 0) is 4.79 Å². The highest BCUT2D eigenvalue weighted by atomic mass is 35.5. The van der Waals surface area contributed by atoms with Gasteiger partial charge in [0.15, 0.2) is 10.1 Å². The van der Waals surface area contributed by atoms with Crippen molar-refractivity contribution in [2.45, 2.75) is 30.0 Å². The summed E-state index contributed by atoms with van der Waals surface area (Å²) in [6.45, 7) is 0. The SMILES string of the molecule is O=C1C2CCC(CC2)C1(Cl)Cl. The second-order valence-electron chi connectivity index (χ2n) is 3.54. The molecule has 0 N–H and O–H groups in total. The number of fused-ring (bicyclic) bond motifs is 3. The first-order chi connectivity index (χ1) is 5.12. The topological polar surface area (TPSA) is 17.1 Å². The molecule has 0 saturated heterocycles. The van der Waals surface area contributed by atoms with Crippen molar-refractivity contribution < 1.29 is 4.79 Å². The van der Waals surface area contributed by atoms with Crippen LogP contribution in [0.3, 0.4) is 0 Å². The van der Waals surface area contributed by atoms with Crippen LogP contribution in [0.5, 0.6) is 0 Å². The van der Waals surface area contributed by atoms with Gasteiger partial charge in [0, 0.05) is 5.92 Å². The highest BCUT2D eigenvalue weighted by molar-refractivity contribution is 6.59. The largest absolute Gasteiger partial charge is 0.296 e. The maximum absolute atomic E-state index is 11.4. The molecule has 3 aliphatic carbocycles. The molecule has 0 radical (unpaired) electrons. The van der Waals surface area contributed by atoms with Crippen molar-refractivity contribution in [3.63, 3.8) is 0 Å². The second-order valence-corrected chi connectivity index (χ2v) is 4.92. The third kappa shape index (κ3) is 1.01. The van der Waals surface area contributed by atoms with Crippen molar-refractivity contribution in [2.75, 3.05) is 0 Å². The van der Waals surface area contributed by atoms with E-state index in [9.17, 15) is 4.79 Å². The third-order valence-corrected chi connectivity index (χ3v) is 3.93. The van der Waals surface area contributed by atoms with Crippen LogP contribution < -0.4 is 0 Å².